The van der Waals surface area contributed by atoms with Gasteiger partial charge in [0.2, 0.25) is 0 Å². The molecule has 0 saturated carbocycles. The molecule has 49 heavy (non-hydrogen) atoms. The Morgan fingerprint density at radius 2 is 1.82 bits per heavy atom. The number of ether oxygens (including phenoxy) is 5. The van der Waals surface area contributed by atoms with Gasteiger partial charge in [-0.3, -0.25) is 5.43 Å². The Kier molecular flexibility index (Phi) is 11.6. The number of carbonyl (C=O) groups excluding carboxylic acids is 2. The van der Waals surface area contributed by atoms with Gasteiger partial charge in [-0.1, -0.05) is 64.5 Å². The first-order valence-corrected chi connectivity index (χ1v) is 16.2. The van der Waals surface area contributed by atoms with Gasteiger partial charge in [-0.05, 0) is 60.0 Å². The van der Waals surface area contributed by atoms with Gasteiger partial charge in [0, 0.05) is 15.7 Å². The molecule has 1 heterocycles. The molecule has 5 rings (SSSR count). The number of fused-ring (bicyclic) bond motifs is 1. The minimum absolute atomic E-state index is 0.181. The summed E-state index contributed by atoms with van der Waals surface area (Å²) < 4.78 is 29.2. The highest BCUT2D eigenvalue weighted by atomic mass is 79.9. The Balaban J connectivity index is 1.27. The lowest BCUT2D eigenvalue weighted by Crippen LogP contribution is -2.45. The fourth-order valence-electron chi connectivity index (χ4n) is 5.37. The molecule has 1 aliphatic rings. The molecule has 0 spiro atoms. The number of benzene rings is 4. The Hall–Kier alpha value is -5.27. The largest absolute Gasteiger partial charge is 0.493 e. The lowest BCUT2D eigenvalue weighted by atomic mass is 9.95. The zero-order valence-electron chi connectivity index (χ0n) is 27.4. The SMILES string of the molecule is CCOc1cc([C@H]2NC(=O)NC(C)=C2C(=O)OC)ccc1OC[C@H](O)N/N=C/c1cc(Br)cc(OC)c1OCc1cccc2ccccc12. The minimum atomic E-state index is -1.19. The molecule has 0 aliphatic carbocycles. The van der Waals surface area contributed by atoms with Crippen molar-refractivity contribution in [3.63, 3.8) is 0 Å². The number of methoxy groups -OCH3 is 2. The van der Waals surface area contributed by atoms with Crippen LogP contribution in [0.15, 0.2) is 93.6 Å². The summed E-state index contributed by atoms with van der Waals surface area (Å²) in [6, 6.07) is 21.6. The van der Waals surface area contributed by atoms with E-state index in [9.17, 15) is 14.7 Å². The smallest absolute Gasteiger partial charge is 0.337 e. The van der Waals surface area contributed by atoms with E-state index in [1.807, 2.05) is 37.3 Å². The highest BCUT2D eigenvalue weighted by Gasteiger charge is 2.32. The Morgan fingerprint density at radius 3 is 2.59 bits per heavy atom. The van der Waals surface area contributed by atoms with E-state index < -0.39 is 24.3 Å². The molecule has 1 aliphatic heterocycles. The number of hydrogen-bond donors (Lipinski definition) is 4. The van der Waals surface area contributed by atoms with Gasteiger partial charge in [-0.2, -0.15) is 5.10 Å². The third kappa shape index (κ3) is 8.42. The highest BCUT2D eigenvalue weighted by molar-refractivity contribution is 9.10. The first kappa shape index (κ1) is 35.0. The number of urea groups is 1. The number of allylic oxidation sites excluding steroid dienone is 1. The van der Waals surface area contributed by atoms with Crippen molar-refractivity contribution >= 4 is 44.9 Å². The number of rotatable bonds is 14. The highest BCUT2D eigenvalue weighted by Crippen LogP contribution is 2.36. The number of nitrogens with zero attached hydrogens (tertiary/aromatic N) is 1. The number of aliphatic hydroxyl groups is 1. The first-order valence-electron chi connectivity index (χ1n) is 15.4. The summed E-state index contributed by atoms with van der Waals surface area (Å²) >= 11 is 3.51. The van der Waals surface area contributed by atoms with E-state index in [4.69, 9.17) is 23.7 Å². The minimum Gasteiger partial charge on any atom is -0.493 e. The monoisotopic (exact) mass is 732 g/mol. The van der Waals surface area contributed by atoms with Gasteiger partial charge < -0.3 is 39.4 Å². The van der Waals surface area contributed by atoms with Crippen molar-refractivity contribution in [2.24, 2.45) is 5.10 Å². The second-order valence-electron chi connectivity index (χ2n) is 10.9. The van der Waals surface area contributed by atoms with E-state index in [0.717, 1.165) is 20.8 Å². The summed E-state index contributed by atoms with van der Waals surface area (Å²) in [4.78, 5) is 24.7. The van der Waals surface area contributed by atoms with E-state index in [-0.39, 0.29) is 12.2 Å². The van der Waals surface area contributed by atoms with Crippen molar-refractivity contribution in [3.8, 4) is 23.0 Å². The molecule has 0 bridgehead atoms. The number of esters is 1. The van der Waals surface area contributed by atoms with E-state index in [2.05, 4.69) is 55.3 Å². The van der Waals surface area contributed by atoms with Crippen molar-refractivity contribution in [2.45, 2.75) is 32.7 Å². The van der Waals surface area contributed by atoms with Gasteiger partial charge in [0.25, 0.3) is 0 Å². The van der Waals surface area contributed by atoms with Crippen LogP contribution in [-0.2, 0) is 16.1 Å². The Bertz CT molecular complexity index is 1890. The molecule has 4 aromatic carbocycles. The number of aliphatic hydroxyl groups excluding tert-OH is 1. The van der Waals surface area contributed by atoms with Crippen LogP contribution in [0.3, 0.4) is 0 Å². The van der Waals surface area contributed by atoms with Crippen molar-refractivity contribution < 1.29 is 38.4 Å². The maximum absolute atomic E-state index is 12.5. The molecule has 12 nitrogen and oxygen atoms in total. The summed E-state index contributed by atoms with van der Waals surface area (Å²) in [6.07, 6.45) is 0.330. The topological polar surface area (TPSA) is 149 Å². The molecule has 2 amide bonds. The normalized spacial score (nSPS) is 15.0. The summed E-state index contributed by atoms with van der Waals surface area (Å²) in [5, 5.41) is 22.5. The molecule has 4 N–H and O–H groups in total. The Labute approximate surface area is 292 Å². The number of nitrogens with one attached hydrogen (secondary N) is 3. The second-order valence-corrected chi connectivity index (χ2v) is 11.8. The van der Waals surface area contributed by atoms with Gasteiger partial charge >= 0.3 is 12.0 Å². The van der Waals surface area contributed by atoms with Gasteiger partial charge in [-0.15, -0.1) is 0 Å². The molecule has 0 unspecified atom stereocenters. The summed E-state index contributed by atoms with van der Waals surface area (Å²) in [6.45, 7) is 3.88. The first-order chi connectivity index (χ1) is 23.7. The van der Waals surface area contributed by atoms with Crippen molar-refractivity contribution in [3.05, 3.63) is 105 Å². The number of hydrazone groups is 1. The number of hydrogen-bond acceptors (Lipinski definition) is 10. The van der Waals surface area contributed by atoms with Crippen molar-refractivity contribution in [2.75, 3.05) is 27.4 Å². The fourth-order valence-corrected chi connectivity index (χ4v) is 5.83. The fraction of sp³-hybridized carbons (Fsp3) is 0.250. The number of halogens is 1. The zero-order valence-corrected chi connectivity index (χ0v) is 29.0. The molecular weight excluding hydrogens is 696 g/mol. The van der Waals surface area contributed by atoms with E-state index in [0.29, 0.717) is 53.0 Å². The van der Waals surface area contributed by atoms with Gasteiger partial charge in [0.05, 0.1) is 38.7 Å². The summed E-state index contributed by atoms with van der Waals surface area (Å²) in [5.74, 6) is 1.13. The van der Waals surface area contributed by atoms with Crippen LogP contribution in [0.2, 0.25) is 0 Å². The maximum Gasteiger partial charge on any atom is 0.337 e. The molecule has 0 radical (unpaired) electrons. The van der Waals surface area contributed by atoms with Crippen LogP contribution in [0.25, 0.3) is 10.8 Å². The van der Waals surface area contributed by atoms with Gasteiger partial charge in [0.1, 0.15) is 13.2 Å². The van der Waals surface area contributed by atoms with Crippen LogP contribution in [0.5, 0.6) is 23.0 Å². The van der Waals surface area contributed by atoms with E-state index in [1.54, 1.807) is 38.3 Å². The van der Waals surface area contributed by atoms with Crippen LogP contribution < -0.4 is 35.0 Å². The van der Waals surface area contributed by atoms with Crippen LogP contribution in [0.4, 0.5) is 4.79 Å². The summed E-state index contributed by atoms with van der Waals surface area (Å²) in [7, 11) is 2.84. The Morgan fingerprint density at radius 1 is 1.02 bits per heavy atom. The standard InChI is InChI=1S/C36H37BrN4O8/c1-5-47-29-16-23(33-32(35(43)46-4)21(2)39-36(44)40-33)13-14-28(29)48-20-31(42)41-38-18-25-15-26(37)17-30(45-3)34(25)49-19-24-11-8-10-22-9-6-7-12-27(22)24/h6-18,31,33,41-42H,5,19-20H2,1-4H3,(H2,39,40,44)/b38-18+/t31-,33+/m0/s1. The van der Waals surface area contributed by atoms with Crippen LogP contribution in [-0.4, -0.2) is 57.0 Å². The number of carbonyl (C=O) groups is 2. The quantitative estimate of drug-likeness (QED) is 0.0554. The van der Waals surface area contributed by atoms with Gasteiger partial charge in [-0.25, -0.2) is 9.59 Å². The molecular formula is C36H37BrN4O8. The summed E-state index contributed by atoms with van der Waals surface area (Å²) in [5.41, 5.74) is 5.53. The third-order valence-corrected chi connectivity index (χ3v) is 8.08. The predicted octanol–water partition coefficient (Wildman–Crippen LogP) is 5.71. The second kappa shape index (κ2) is 16.2. The molecule has 256 valence electrons. The van der Waals surface area contributed by atoms with Crippen LogP contribution >= 0.6 is 15.9 Å². The maximum atomic E-state index is 12.5. The molecule has 0 aromatic heterocycles. The lowest BCUT2D eigenvalue weighted by Gasteiger charge is -2.28. The molecule has 0 saturated heterocycles. The third-order valence-electron chi connectivity index (χ3n) is 7.62. The van der Waals surface area contributed by atoms with E-state index in [1.165, 1.54) is 13.3 Å². The zero-order chi connectivity index (χ0) is 34.9. The molecule has 0 fully saturated rings. The molecule has 4 aromatic rings. The number of amides is 2. The van der Waals surface area contributed by atoms with Gasteiger partial charge in [0.15, 0.2) is 29.2 Å². The molecule has 13 heteroatoms. The van der Waals surface area contributed by atoms with E-state index >= 15 is 0 Å². The lowest BCUT2D eigenvalue weighted by molar-refractivity contribution is -0.136. The van der Waals surface area contributed by atoms with Crippen LogP contribution in [0, 0.1) is 0 Å². The molecule has 2 atom stereocenters. The van der Waals surface area contributed by atoms with Crippen LogP contribution in [0.1, 0.15) is 36.6 Å². The average molecular weight is 734 g/mol. The van der Waals surface area contributed by atoms with Crippen molar-refractivity contribution in [1.82, 2.24) is 16.1 Å². The predicted molar refractivity (Wildman–Crippen MR) is 188 cm³/mol. The average Bonchev–Trinajstić information content (AvgIpc) is 3.09. The van der Waals surface area contributed by atoms with Crippen molar-refractivity contribution in [1.29, 1.82) is 0 Å².